The molecule has 2 bridgehead atoms. The molecule has 0 amide bonds. The molecule has 0 radical (unpaired) electrons. The number of nitrogens with zero attached hydrogens (tertiary/aromatic N) is 1. The van der Waals surface area contributed by atoms with Gasteiger partial charge in [-0.15, -0.1) is 0 Å². The van der Waals surface area contributed by atoms with Crippen molar-refractivity contribution in [2.24, 2.45) is 5.92 Å². The van der Waals surface area contributed by atoms with E-state index in [4.69, 9.17) is 9.47 Å². The summed E-state index contributed by atoms with van der Waals surface area (Å²) < 4.78 is 12.0. The fourth-order valence-corrected chi connectivity index (χ4v) is 5.01. The third-order valence-electron chi connectivity index (χ3n) is 6.76. The molecule has 154 valence electrons. The average molecular weight is 394 g/mol. The van der Waals surface area contributed by atoms with E-state index in [9.17, 15) is 4.79 Å². The maximum absolute atomic E-state index is 12.7. The SMILES string of the molecule is COC(=O)C1C2CCC(C[C@@H]1OC(c1ccc(C)cc1)c1ccc(C)cc1)N2C. The number of hydrogen-bond acceptors (Lipinski definition) is 4. The summed E-state index contributed by atoms with van der Waals surface area (Å²) in [6.07, 6.45) is 2.66. The molecular weight excluding hydrogens is 362 g/mol. The van der Waals surface area contributed by atoms with Gasteiger partial charge in [0.15, 0.2) is 0 Å². The number of ether oxygens (including phenoxy) is 2. The van der Waals surface area contributed by atoms with Gasteiger partial charge in [-0.25, -0.2) is 0 Å². The molecule has 4 rings (SSSR count). The maximum Gasteiger partial charge on any atom is 0.312 e. The Kier molecular flexibility index (Phi) is 5.75. The summed E-state index contributed by atoms with van der Waals surface area (Å²) in [6.45, 7) is 4.18. The van der Waals surface area contributed by atoms with Gasteiger partial charge in [0.1, 0.15) is 6.10 Å². The van der Waals surface area contributed by atoms with Crippen LogP contribution in [0.15, 0.2) is 48.5 Å². The fraction of sp³-hybridized carbons (Fsp3) is 0.480. The highest BCUT2D eigenvalue weighted by molar-refractivity contribution is 5.74. The molecule has 0 spiro atoms. The van der Waals surface area contributed by atoms with Crippen LogP contribution < -0.4 is 0 Å². The zero-order valence-corrected chi connectivity index (χ0v) is 17.8. The van der Waals surface area contributed by atoms with Crippen LogP contribution in [0.1, 0.15) is 47.6 Å². The lowest BCUT2D eigenvalue weighted by molar-refractivity contribution is -0.162. The Morgan fingerprint density at radius 2 is 1.52 bits per heavy atom. The molecule has 0 saturated carbocycles. The second-order valence-electron chi connectivity index (χ2n) is 8.62. The van der Waals surface area contributed by atoms with E-state index in [0.717, 1.165) is 30.4 Å². The number of hydrogen-bond donors (Lipinski definition) is 0. The van der Waals surface area contributed by atoms with E-state index in [0.29, 0.717) is 6.04 Å². The van der Waals surface area contributed by atoms with Gasteiger partial charge in [-0.1, -0.05) is 59.7 Å². The Hall–Kier alpha value is -2.17. The van der Waals surface area contributed by atoms with Crippen LogP contribution in [0.25, 0.3) is 0 Å². The standard InChI is InChI=1S/C25H31NO3/c1-16-5-9-18(10-6-16)24(19-11-7-17(2)8-12-19)29-22-15-20-13-14-21(26(20)3)23(22)25(27)28-4/h5-12,20-24H,13-15H2,1-4H3/t20?,21?,22-,23?/m0/s1. The average Bonchev–Trinajstić information content (AvgIpc) is 2.96. The van der Waals surface area contributed by atoms with Gasteiger partial charge in [0.2, 0.25) is 0 Å². The Labute approximate surface area is 173 Å². The number of esters is 1. The predicted molar refractivity (Wildman–Crippen MR) is 114 cm³/mol. The normalized spacial score (nSPS) is 26.7. The Balaban J connectivity index is 1.68. The molecule has 0 aromatic heterocycles. The molecule has 2 fully saturated rings. The number of benzene rings is 2. The summed E-state index contributed by atoms with van der Waals surface area (Å²) in [6, 6.07) is 17.7. The van der Waals surface area contributed by atoms with Crippen LogP contribution in [0.2, 0.25) is 0 Å². The van der Waals surface area contributed by atoms with Crippen molar-refractivity contribution in [3.63, 3.8) is 0 Å². The molecule has 2 heterocycles. The number of fused-ring (bicyclic) bond motifs is 2. The fourth-order valence-electron chi connectivity index (χ4n) is 5.01. The van der Waals surface area contributed by atoms with Crippen molar-refractivity contribution in [2.45, 2.75) is 57.4 Å². The minimum Gasteiger partial charge on any atom is -0.469 e. The van der Waals surface area contributed by atoms with Crippen LogP contribution in [-0.2, 0) is 14.3 Å². The van der Waals surface area contributed by atoms with Crippen LogP contribution in [-0.4, -0.2) is 43.2 Å². The zero-order valence-electron chi connectivity index (χ0n) is 17.8. The van der Waals surface area contributed by atoms with Gasteiger partial charge in [0, 0.05) is 12.1 Å². The van der Waals surface area contributed by atoms with Crippen LogP contribution in [0, 0.1) is 19.8 Å². The van der Waals surface area contributed by atoms with E-state index in [1.807, 2.05) is 0 Å². The summed E-state index contributed by atoms with van der Waals surface area (Å²) in [5, 5.41) is 0. The Bertz CT molecular complexity index is 800. The van der Waals surface area contributed by atoms with Crippen molar-refractivity contribution in [1.82, 2.24) is 4.90 Å². The first-order valence-electron chi connectivity index (χ1n) is 10.6. The quantitative estimate of drug-likeness (QED) is 0.705. The van der Waals surface area contributed by atoms with Gasteiger partial charge in [-0.05, 0) is 51.3 Å². The first-order valence-corrected chi connectivity index (χ1v) is 10.6. The summed E-state index contributed by atoms with van der Waals surface area (Å²) in [4.78, 5) is 15.1. The Morgan fingerprint density at radius 1 is 0.966 bits per heavy atom. The van der Waals surface area contributed by atoms with Gasteiger partial charge >= 0.3 is 5.97 Å². The van der Waals surface area contributed by atoms with E-state index in [1.165, 1.54) is 18.2 Å². The van der Waals surface area contributed by atoms with E-state index in [-0.39, 0.29) is 30.1 Å². The van der Waals surface area contributed by atoms with Crippen molar-refractivity contribution in [1.29, 1.82) is 0 Å². The molecule has 0 N–H and O–H groups in total. The summed E-state index contributed by atoms with van der Waals surface area (Å²) in [7, 11) is 3.61. The summed E-state index contributed by atoms with van der Waals surface area (Å²) in [5.74, 6) is -0.402. The molecule has 4 heteroatoms. The number of aryl methyl sites for hydroxylation is 2. The number of piperidine rings is 1. The third kappa shape index (κ3) is 3.96. The molecule has 2 aliphatic rings. The topological polar surface area (TPSA) is 38.8 Å². The lowest BCUT2D eigenvalue weighted by Crippen LogP contribution is -2.53. The molecule has 29 heavy (non-hydrogen) atoms. The summed E-state index contributed by atoms with van der Waals surface area (Å²) >= 11 is 0. The van der Waals surface area contributed by atoms with Gasteiger partial charge in [0.05, 0.1) is 19.1 Å². The number of carbonyl (C=O) groups excluding carboxylic acids is 1. The molecule has 0 aliphatic carbocycles. The monoisotopic (exact) mass is 393 g/mol. The first kappa shape index (κ1) is 20.1. The number of rotatable bonds is 5. The molecule has 4 atom stereocenters. The second-order valence-corrected chi connectivity index (χ2v) is 8.62. The predicted octanol–water partition coefficient (Wildman–Crippen LogP) is 4.43. The van der Waals surface area contributed by atoms with E-state index in [1.54, 1.807) is 0 Å². The van der Waals surface area contributed by atoms with Gasteiger partial charge < -0.3 is 9.47 Å². The maximum atomic E-state index is 12.7. The molecule has 3 unspecified atom stereocenters. The van der Waals surface area contributed by atoms with Crippen LogP contribution in [0.3, 0.4) is 0 Å². The second kappa shape index (κ2) is 8.29. The van der Waals surface area contributed by atoms with Crippen molar-refractivity contribution < 1.29 is 14.3 Å². The molecule has 2 saturated heterocycles. The van der Waals surface area contributed by atoms with Gasteiger partial charge in [0.25, 0.3) is 0 Å². The first-order chi connectivity index (χ1) is 14.0. The summed E-state index contributed by atoms with van der Waals surface area (Å²) in [5.41, 5.74) is 4.69. The number of methoxy groups -OCH3 is 1. The van der Waals surface area contributed by atoms with E-state index >= 15 is 0 Å². The van der Waals surface area contributed by atoms with Crippen molar-refractivity contribution in [2.75, 3.05) is 14.2 Å². The smallest absolute Gasteiger partial charge is 0.312 e. The van der Waals surface area contributed by atoms with Gasteiger partial charge in [-0.3, -0.25) is 9.69 Å². The Morgan fingerprint density at radius 3 is 2.03 bits per heavy atom. The highest BCUT2D eigenvalue weighted by Gasteiger charge is 2.50. The molecule has 2 aromatic carbocycles. The molecule has 2 aromatic rings. The molecule has 2 aliphatic heterocycles. The van der Waals surface area contributed by atoms with Crippen LogP contribution in [0.5, 0.6) is 0 Å². The van der Waals surface area contributed by atoms with Crippen LogP contribution >= 0.6 is 0 Å². The van der Waals surface area contributed by atoms with E-state index in [2.05, 4.69) is 74.3 Å². The lowest BCUT2D eigenvalue weighted by atomic mass is 9.87. The largest absolute Gasteiger partial charge is 0.469 e. The van der Waals surface area contributed by atoms with E-state index < -0.39 is 0 Å². The highest BCUT2D eigenvalue weighted by Crippen LogP contribution is 2.42. The molecular formula is C25H31NO3. The third-order valence-corrected chi connectivity index (χ3v) is 6.76. The van der Waals surface area contributed by atoms with Crippen LogP contribution in [0.4, 0.5) is 0 Å². The van der Waals surface area contributed by atoms with Gasteiger partial charge in [-0.2, -0.15) is 0 Å². The number of carbonyl (C=O) groups is 1. The minimum absolute atomic E-state index is 0.149. The van der Waals surface area contributed by atoms with Crippen molar-refractivity contribution >= 4 is 5.97 Å². The highest BCUT2D eigenvalue weighted by atomic mass is 16.5. The lowest BCUT2D eigenvalue weighted by Gasteiger charge is -2.42. The van der Waals surface area contributed by atoms with Crippen molar-refractivity contribution in [3.05, 3.63) is 70.8 Å². The molecule has 4 nitrogen and oxygen atoms in total. The van der Waals surface area contributed by atoms with Crippen molar-refractivity contribution in [3.8, 4) is 0 Å². The minimum atomic E-state index is -0.248. The zero-order chi connectivity index (χ0) is 20.5.